The fourth-order valence-corrected chi connectivity index (χ4v) is 2.55. The molecule has 3 rings (SSSR count). The number of rotatable bonds is 5. The highest BCUT2D eigenvalue weighted by atomic mass is 35.5. The van der Waals surface area contributed by atoms with Crippen molar-refractivity contribution in [3.63, 3.8) is 0 Å². The van der Waals surface area contributed by atoms with Gasteiger partial charge in [0.2, 0.25) is 0 Å². The van der Waals surface area contributed by atoms with Gasteiger partial charge < -0.3 is 15.2 Å². The van der Waals surface area contributed by atoms with E-state index < -0.39 is 5.82 Å². The Labute approximate surface area is 149 Å². The van der Waals surface area contributed by atoms with Gasteiger partial charge in [-0.05, 0) is 38.4 Å². The third kappa shape index (κ3) is 3.94. The second-order valence-electron chi connectivity index (χ2n) is 5.88. The number of benzene rings is 1. The Hall–Kier alpha value is -2.51. The van der Waals surface area contributed by atoms with Gasteiger partial charge in [-0.2, -0.15) is 0 Å². The zero-order valence-electron chi connectivity index (χ0n) is 13.8. The summed E-state index contributed by atoms with van der Waals surface area (Å²) in [4.78, 5) is 26.4. The van der Waals surface area contributed by atoms with Gasteiger partial charge in [-0.1, -0.05) is 11.6 Å². The van der Waals surface area contributed by atoms with Crippen molar-refractivity contribution in [2.75, 3.05) is 26.0 Å². The van der Waals surface area contributed by atoms with Gasteiger partial charge in [0, 0.05) is 24.8 Å². The topological polar surface area (TPSA) is 73.9 Å². The van der Waals surface area contributed by atoms with Crippen molar-refractivity contribution in [1.29, 1.82) is 0 Å². The molecule has 0 bridgehead atoms. The van der Waals surface area contributed by atoms with Crippen LogP contribution in [0.4, 0.5) is 10.1 Å². The van der Waals surface area contributed by atoms with E-state index >= 15 is 0 Å². The van der Waals surface area contributed by atoms with Crippen LogP contribution >= 0.6 is 11.6 Å². The van der Waals surface area contributed by atoms with Gasteiger partial charge in [0.25, 0.3) is 5.91 Å². The molecule has 6 nitrogen and oxygen atoms in total. The van der Waals surface area contributed by atoms with Crippen LogP contribution in [-0.4, -0.2) is 46.4 Å². The number of likely N-dealkylation sites (N-methyl/N-ethyl adjacent to an activating group) is 1. The van der Waals surface area contributed by atoms with Crippen LogP contribution in [0.1, 0.15) is 16.2 Å². The number of imidazole rings is 1. The molecule has 130 valence electrons. The van der Waals surface area contributed by atoms with Gasteiger partial charge in [0.1, 0.15) is 11.6 Å². The maximum atomic E-state index is 13.2. The number of nitrogens with zero attached hydrogens (tertiary/aromatic N) is 3. The molecule has 0 aliphatic heterocycles. The first-order valence-electron chi connectivity index (χ1n) is 7.69. The molecule has 0 radical (unpaired) electrons. The van der Waals surface area contributed by atoms with Gasteiger partial charge in [0.15, 0.2) is 5.65 Å². The molecule has 1 aromatic carbocycles. The number of aromatic nitrogens is 3. The molecule has 0 unspecified atom stereocenters. The molecule has 0 aliphatic rings. The van der Waals surface area contributed by atoms with Gasteiger partial charge in [-0.25, -0.2) is 14.4 Å². The van der Waals surface area contributed by atoms with Crippen molar-refractivity contribution in [2.24, 2.45) is 0 Å². The normalized spacial score (nSPS) is 11.2. The Balaban J connectivity index is 1.86. The van der Waals surface area contributed by atoms with Crippen molar-refractivity contribution < 1.29 is 9.18 Å². The zero-order chi connectivity index (χ0) is 18.0. The fourth-order valence-electron chi connectivity index (χ4n) is 2.37. The van der Waals surface area contributed by atoms with Crippen molar-refractivity contribution in [2.45, 2.75) is 6.42 Å². The van der Waals surface area contributed by atoms with Crippen molar-refractivity contribution in [1.82, 2.24) is 19.9 Å². The molecule has 0 spiro atoms. The monoisotopic (exact) mass is 361 g/mol. The van der Waals surface area contributed by atoms with E-state index in [9.17, 15) is 9.18 Å². The summed E-state index contributed by atoms with van der Waals surface area (Å²) in [5, 5.41) is 2.65. The number of carbonyl (C=O) groups excluding carboxylic acids is 1. The number of hydrogen-bond donors (Lipinski definition) is 2. The van der Waals surface area contributed by atoms with Crippen LogP contribution in [0.3, 0.4) is 0 Å². The summed E-state index contributed by atoms with van der Waals surface area (Å²) in [6.07, 6.45) is 2.25. The number of carbonyl (C=O) groups is 1. The second-order valence-corrected chi connectivity index (χ2v) is 6.28. The first kappa shape index (κ1) is 17.3. The van der Waals surface area contributed by atoms with Crippen LogP contribution in [-0.2, 0) is 6.42 Å². The Morgan fingerprint density at radius 1 is 1.36 bits per heavy atom. The van der Waals surface area contributed by atoms with Gasteiger partial charge in [0.05, 0.1) is 16.1 Å². The quantitative estimate of drug-likeness (QED) is 0.732. The first-order chi connectivity index (χ1) is 11.9. The maximum Gasteiger partial charge on any atom is 0.257 e. The number of H-pyrrole nitrogens is 1. The lowest BCUT2D eigenvalue weighted by molar-refractivity contribution is 0.102. The summed E-state index contributed by atoms with van der Waals surface area (Å²) in [5.74, 6) is -0.121. The molecule has 0 aliphatic carbocycles. The molecule has 8 heteroatoms. The minimum absolute atomic E-state index is 0.0508. The molecule has 25 heavy (non-hydrogen) atoms. The molecular formula is C17H17ClFN5O. The smallest absolute Gasteiger partial charge is 0.257 e. The van der Waals surface area contributed by atoms with E-state index in [1.165, 1.54) is 24.4 Å². The minimum atomic E-state index is -0.537. The summed E-state index contributed by atoms with van der Waals surface area (Å²) < 4.78 is 13.2. The van der Waals surface area contributed by atoms with Crippen LogP contribution in [0, 0.1) is 5.82 Å². The lowest BCUT2D eigenvalue weighted by atomic mass is 10.2. The molecule has 0 saturated carbocycles. The number of halogens is 2. The summed E-state index contributed by atoms with van der Waals surface area (Å²) in [5.41, 5.74) is 1.88. The Kier molecular flexibility index (Phi) is 4.96. The van der Waals surface area contributed by atoms with Crippen LogP contribution in [0.2, 0.25) is 5.02 Å². The average Bonchev–Trinajstić information content (AvgIpc) is 2.99. The second kappa shape index (κ2) is 7.16. The van der Waals surface area contributed by atoms with E-state index in [0.717, 1.165) is 18.8 Å². The van der Waals surface area contributed by atoms with E-state index in [-0.39, 0.29) is 10.9 Å². The summed E-state index contributed by atoms with van der Waals surface area (Å²) >= 11 is 5.75. The molecule has 2 aromatic heterocycles. The zero-order valence-corrected chi connectivity index (χ0v) is 14.6. The Morgan fingerprint density at radius 3 is 2.88 bits per heavy atom. The van der Waals surface area contributed by atoms with E-state index in [2.05, 4.69) is 20.3 Å². The number of hydrogen-bond acceptors (Lipinski definition) is 4. The van der Waals surface area contributed by atoms with E-state index in [1.54, 1.807) is 6.07 Å². The van der Waals surface area contributed by atoms with Crippen LogP contribution in [0.15, 0.2) is 30.5 Å². The molecule has 1 amide bonds. The third-order valence-electron chi connectivity index (χ3n) is 3.66. The van der Waals surface area contributed by atoms with E-state index in [0.29, 0.717) is 22.4 Å². The minimum Gasteiger partial charge on any atom is -0.340 e. The summed E-state index contributed by atoms with van der Waals surface area (Å²) in [6.45, 7) is 0.829. The predicted molar refractivity (Wildman–Crippen MR) is 95.5 cm³/mol. The SMILES string of the molecule is CN(C)CCc1nc2nccc(C(=O)Nc3ccc(F)c(Cl)c3)c2[nH]1. The Bertz CT molecular complexity index is 925. The largest absolute Gasteiger partial charge is 0.340 e. The number of pyridine rings is 1. The molecule has 2 heterocycles. The highest BCUT2D eigenvalue weighted by Gasteiger charge is 2.15. The van der Waals surface area contributed by atoms with Crippen molar-refractivity contribution >= 4 is 34.4 Å². The molecule has 2 N–H and O–H groups in total. The number of nitrogens with one attached hydrogen (secondary N) is 2. The number of fused-ring (bicyclic) bond motifs is 1. The predicted octanol–water partition coefficient (Wildman–Crippen LogP) is 3.11. The van der Waals surface area contributed by atoms with Gasteiger partial charge >= 0.3 is 0 Å². The van der Waals surface area contributed by atoms with Gasteiger partial charge in [-0.3, -0.25) is 4.79 Å². The number of anilines is 1. The molecule has 0 saturated heterocycles. The highest BCUT2D eigenvalue weighted by molar-refractivity contribution is 6.31. The molecule has 0 fully saturated rings. The van der Waals surface area contributed by atoms with E-state index in [4.69, 9.17) is 11.6 Å². The highest BCUT2D eigenvalue weighted by Crippen LogP contribution is 2.21. The third-order valence-corrected chi connectivity index (χ3v) is 3.95. The van der Waals surface area contributed by atoms with Crippen LogP contribution in [0.5, 0.6) is 0 Å². The molecular weight excluding hydrogens is 345 g/mol. The number of aromatic amines is 1. The lowest BCUT2D eigenvalue weighted by Gasteiger charge is -2.07. The summed E-state index contributed by atoms with van der Waals surface area (Å²) in [7, 11) is 3.96. The van der Waals surface area contributed by atoms with Crippen molar-refractivity contribution in [3.8, 4) is 0 Å². The lowest BCUT2D eigenvalue weighted by Crippen LogP contribution is -2.15. The van der Waals surface area contributed by atoms with Crippen LogP contribution < -0.4 is 5.32 Å². The van der Waals surface area contributed by atoms with Gasteiger partial charge in [-0.15, -0.1) is 0 Å². The standard InChI is InChI=1S/C17H17ClFN5O/c1-24(2)8-6-14-22-15-11(5-7-20-16(15)23-14)17(25)21-10-3-4-13(19)12(18)9-10/h3-5,7,9H,6,8H2,1-2H3,(H,21,25)(H,20,22,23). The number of amides is 1. The van der Waals surface area contributed by atoms with E-state index in [1.807, 2.05) is 19.0 Å². The van der Waals surface area contributed by atoms with Crippen molar-refractivity contribution in [3.05, 3.63) is 52.7 Å². The van der Waals surface area contributed by atoms with Crippen LogP contribution in [0.25, 0.3) is 11.2 Å². The molecule has 0 atom stereocenters. The average molecular weight is 362 g/mol. The summed E-state index contributed by atoms with van der Waals surface area (Å²) in [6, 6.07) is 5.63. The first-order valence-corrected chi connectivity index (χ1v) is 8.06. The molecule has 3 aromatic rings. The Morgan fingerprint density at radius 2 is 2.16 bits per heavy atom. The fraction of sp³-hybridized carbons (Fsp3) is 0.235. The maximum absolute atomic E-state index is 13.2.